The number of sulfone groups is 1. The second-order valence-corrected chi connectivity index (χ2v) is 8.38. The Bertz CT molecular complexity index is 542. The highest BCUT2D eigenvalue weighted by molar-refractivity contribution is 7.94. The molecule has 0 spiro atoms. The van der Waals surface area contributed by atoms with E-state index in [9.17, 15) is 8.42 Å². The summed E-state index contributed by atoms with van der Waals surface area (Å²) in [5, 5.41) is 7.01. The SMILES string of the molecule is O=S1(=O)C=CC(NC(c2cccs2)C2CCCC2)C1. The summed E-state index contributed by atoms with van der Waals surface area (Å²) < 4.78 is 23.0. The molecule has 19 heavy (non-hydrogen) atoms. The molecule has 2 heterocycles. The van der Waals surface area contributed by atoms with Gasteiger partial charge in [0.25, 0.3) is 0 Å². The van der Waals surface area contributed by atoms with E-state index in [0.29, 0.717) is 12.0 Å². The molecule has 3 nitrogen and oxygen atoms in total. The van der Waals surface area contributed by atoms with E-state index in [1.807, 2.05) is 0 Å². The minimum Gasteiger partial charge on any atom is -0.302 e. The summed E-state index contributed by atoms with van der Waals surface area (Å²) in [6.07, 6.45) is 6.89. The van der Waals surface area contributed by atoms with Crippen molar-refractivity contribution in [1.29, 1.82) is 0 Å². The Morgan fingerprint density at radius 1 is 1.32 bits per heavy atom. The van der Waals surface area contributed by atoms with Gasteiger partial charge in [-0.1, -0.05) is 25.0 Å². The molecule has 1 N–H and O–H groups in total. The first kappa shape index (κ1) is 13.3. The van der Waals surface area contributed by atoms with E-state index in [0.717, 1.165) is 0 Å². The third kappa shape index (κ3) is 3.09. The summed E-state index contributed by atoms with van der Waals surface area (Å²) in [5.74, 6) is 0.858. The zero-order chi connectivity index (χ0) is 13.3. The first-order chi connectivity index (χ1) is 9.14. The van der Waals surface area contributed by atoms with Crippen LogP contribution in [0.25, 0.3) is 0 Å². The van der Waals surface area contributed by atoms with Crippen LogP contribution in [-0.2, 0) is 9.84 Å². The Labute approximate surface area is 118 Å². The molecule has 1 fully saturated rings. The van der Waals surface area contributed by atoms with Crippen LogP contribution in [0, 0.1) is 5.92 Å². The third-order valence-corrected chi connectivity index (χ3v) is 6.40. The molecule has 2 atom stereocenters. The maximum absolute atomic E-state index is 11.5. The van der Waals surface area contributed by atoms with E-state index in [-0.39, 0.29) is 11.8 Å². The Morgan fingerprint density at radius 3 is 2.68 bits per heavy atom. The lowest BCUT2D eigenvalue weighted by atomic mass is 9.96. The average Bonchev–Trinajstić information content (AvgIpc) is 3.07. The lowest BCUT2D eigenvalue weighted by Gasteiger charge is -2.26. The van der Waals surface area contributed by atoms with E-state index in [2.05, 4.69) is 22.8 Å². The smallest absolute Gasteiger partial charge is 0.173 e. The molecule has 1 aromatic heterocycles. The fourth-order valence-electron chi connectivity index (χ4n) is 3.12. The lowest BCUT2D eigenvalue weighted by molar-refractivity contribution is 0.360. The van der Waals surface area contributed by atoms with Gasteiger partial charge in [0, 0.05) is 22.4 Å². The van der Waals surface area contributed by atoms with E-state index in [4.69, 9.17) is 0 Å². The number of hydrogen-bond acceptors (Lipinski definition) is 4. The van der Waals surface area contributed by atoms with Crippen molar-refractivity contribution in [2.45, 2.75) is 37.8 Å². The highest BCUT2D eigenvalue weighted by Gasteiger charge is 2.31. The van der Waals surface area contributed by atoms with Gasteiger partial charge in [0.15, 0.2) is 9.84 Å². The summed E-state index contributed by atoms with van der Waals surface area (Å²) in [4.78, 5) is 1.34. The van der Waals surface area contributed by atoms with E-state index in [1.54, 1.807) is 17.4 Å². The van der Waals surface area contributed by atoms with Crippen molar-refractivity contribution in [3.63, 3.8) is 0 Å². The van der Waals surface area contributed by atoms with Crippen molar-refractivity contribution in [3.8, 4) is 0 Å². The molecular weight excluding hydrogens is 278 g/mol. The molecule has 0 bridgehead atoms. The second-order valence-electron chi connectivity index (χ2n) is 5.47. The van der Waals surface area contributed by atoms with Crippen LogP contribution in [0.5, 0.6) is 0 Å². The minimum atomic E-state index is -2.97. The van der Waals surface area contributed by atoms with Crippen LogP contribution >= 0.6 is 11.3 Å². The van der Waals surface area contributed by atoms with Crippen molar-refractivity contribution >= 4 is 21.2 Å². The Morgan fingerprint density at radius 2 is 2.11 bits per heavy atom. The zero-order valence-corrected chi connectivity index (χ0v) is 12.4. The van der Waals surface area contributed by atoms with E-state index >= 15 is 0 Å². The molecule has 1 saturated carbocycles. The Hall–Kier alpha value is -0.650. The molecule has 3 rings (SSSR count). The van der Waals surface area contributed by atoms with Crippen LogP contribution in [0.2, 0.25) is 0 Å². The molecule has 0 radical (unpaired) electrons. The molecule has 1 aliphatic heterocycles. The van der Waals surface area contributed by atoms with Crippen molar-refractivity contribution in [2.75, 3.05) is 5.75 Å². The van der Waals surface area contributed by atoms with Crippen molar-refractivity contribution in [3.05, 3.63) is 33.9 Å². The first-order valence-electron chi connectivity index (χ1n) is 6.84. The fraction of sp³-hybridized carbons (Fsp3) is 0.571. The second kappa shape index (κ2) is 5.38. The Kier molecular flexibility index (Phi) is 3.78. The summed E-state index contributed by atoms with van der Waals surface area (Å²) in [5.41, 5.74) is 0. The van der Waals surface area contributed by atoms with Crippen LogP contribution < -0.4 is 5.32 Å². The van der Waals surface area contributed by atoms with Gasteiger partial charge in [0.05, 0.1) is 5.75 Å². The van der Waals surface area contributed by atoms with Crippen LogP contribution in [-0.4, -0.2) is 20.2 Å². The molecule has 1 aliphatic carbocycles. The van der Waals surface area contributed by atoms with Gasteiger partial charge in [-0.15, -0.1) is 11.3 Å². The third-order valence-electron chi connectivity index (χ3n) is 4.04. The van der Waals surface area contributed by atoms with E-state index in [1.165, 1.54) is 36.0 Å². The van der Waals surface area contributed by atoms with Gasteiger partial charge < -0.3 is 5.32 Å². The number of nitrogens with one attached hydrogen (secondary N) is 1. The fourth-order valence-corrected chi connectivity index (χ4v) is 5.25. The maximum atomic E-state index is 11.5. The first-order valence-corrected chi connectivity index (χ1v) is 9.44. The van der Waals surface area contributed by atoms with Crippen LogP contribution in [0.4, 0.5) is 0 Å². The van der Waals surface area contributed by atoms with Gasteiger partial charge in [-0.25, -0.2) is 8.42 Å². The molecule has 2 unspecified atom stereocenters. The van der Waals surface area contributed by atoms with E-state index < -0.39 is 9.84 Å². The standard InChI is InChI=1S/C14H19NO2S2/c16-19(17)9-7-12(10-19)15-14(11-4-1-2-5-11)13-6-3-8-18-13/h3,6-9,11-12,14-15H,1-2,4-5,10H2. The van der Waals surface area contributed by atoms with Gasteiger partial charge in [0.2, 0.25) is 0 Å². The van der Waals surface area contributed by atoms with Crippen molar-refractivity contribution in [2.24, 2.45) is 5.92 Å². The summed E-state index contributed by atoms with van der Waals surface area (Å²) in [6, 6.07) is 4.52. The van der Waals surface area contributed by atoms with Crippen LogP contribution in [0.15, 0.2) is 29.0 Å². The number of rotatable bonds is 4. The highest BCUT2D eigenvalue weighted by atomic mass is 32.2. The summed E-state index contributed by atoms with van der Waals surface area (Å²) >= 11 is 1.77. The maximum Gasteiger partial charge on any atom is 0.173 e. The Balaban J connectivity index is 1.75. The van der Waals surface area contributed by atoms with Crippen LogP contribution in [0.1, 0.15) is 36.6 Å². The monoisotopic (exact) mass is 297 g/mol. The van der Waals surface area contributed by atoms with Gasteiger partial charge in [-0.3, -0.25) is 0 Å². The molecule has 5 heteroatoms. The van der Waals surface area contributed by atoms with Gasteiger partial charge in [-0.2, -0.15) is 0 Å². The van der Waals surface area contributed by atoms with Crippen molar-refractivity contribution < 1.29 is 8.42 Å². The quantitative estimate of drug-likeness (QED) is 0.929. The predicted octanol–water partition coefficient (Wildman–Crippen LogP) is 2.88. The molecule has 0 saturated heterocycles. The predicted molar refractivity (Wildman–Crippen MR) is 78.9 cm³/mol. The average molecular weight is 297 g/mol. The highest BCUT2D eigenvalue weighted by Crippen LogP contribution is 2.37. The van der Waals surface area contributed by atoms with Crippen molar-refractivity contribution in [1.82, 2.24) is 5.32 Å². The molecule has 104 valence electrons. The molecule has 1 aromatic rings. The van der Waals surface area contributed by atoms with Gasteiger partial charge in [-0.05, 0) is 30.2 Å². The van der Waals surface area contributed by atoms with Crippen LogP contribution in [0.3, 0.4) is 0 Å². The molecular formula is C14H19NO2S2. The largest absolute Gasteiger partial charge is 0.302 e. The van der Waals surface area contributed by atoms with Gasteiger partial charge in [0.1, 0.15) is 0 Å². The summed E-state index contributed by atoms with van der Waals surface area (Å²) in [7, 11) is -2.97. The minimum absolute atomic E-state index is 0.0299. The van der Waals surface area contributed by atoms with Gasteiger partial charge >= 0.3 is 0 Å². The molecule has 0 aromatic carbocycles. The normalized spacial score (nSPS) is 27.9. The zero-order valence-electron chi connectivity index (χ0n) is 10.8. The molecule has 2 aliphatic rings. The topological polar surface area (TPSA) is 46.2 Å². The summed E-state index contributed by atoms with van der Waals surface area (Å²) in [6.45, 7) is 0. The lowest BCUT2D eigenvalue weighted by Crippen LogP contribution is -2.36. The molecule has 0 amide bonds. The number of thiophene rings is 1. The number of hydrogen-bond donors (Lipinski definition) is 1.